The van der Waals surface area contributed by atoms with Gasteiger partial charge in [-0.25, -0.2) is 4.68 Å². The Bertz CT molecular complexity index is 721. The SMILES string of the molecule is CCOC(=O)Cn1nc(CC)c2cc(OC)ccc2c1=O. The lowest BCUT2D eigenvalue weighted by molar-refractivity contribution is -0.144. The van der Waals surface area contributed by atoms with Gasteiger partial charge in [0, 0.05) is 5.39 Å². The van der Waals surface area contributed by atoms with E-state index in [1.54, 1.807) is 32.2 Å². The molecule has 0 N–H and O–H groups in total. The Morgan fingerprint density at radius 1 is 1.29 bits per heavy atom. The maximum absolute atomic E-state index is 12.4. The van der Waals surface area contributed by atoms with Gasteiger partial charge in [0.25, 0.3) is 5.56 Å². The number of aryl methyl sites for hydroxylation is 1. The average Bonchev–Trinajstić information content (AvgIpc) is 2.49. The third kappa shape index (κ3) is 3.04. The van der Waals surface area contributed by atoms with Gasteiger partial charge in [-0.2, -0.15) is 5.10 Å². The number of esters is 1. The second-order valence-electron chi connectivity index (χ2n) is 4.48. The summed E-state index contributed by atoms with van der Waals surface area (Å²) < 4.78 is 11.2. The molecule has 0 saturated carbocycles. The van der Waals surface area contributed by atoms with Crippen LogP contribution in [-0.4, -0.2) is 29.5 Å². The van der Waals surface area contributed by atoms with Gasteiger partial charge in [0.2, 0.25) is 0 Å². The minimum atomic E-state index is -0.470. The molecule has 2 rings (SSSR count). The van der Waals surface area contributed by atoms with Gasteiger partial charge in [-0.1, -0.05) is 6.92 Å². The molecule has 21 heavy (non-hydrogen) atoms. The molecule has 112 valence electrons. The fraction of sp³-hybridized carbons (Fsp3) is 0.400. The predicted octanol–water partition coefficient (Wildman–Crippen LogP) is 1.53. The van der Waals surface area contributed by atoms with Gasteiger partial charge in [0.1, 0.15) is 12.3 Å². The quantitative estimate of drug-likeness (QED) is 0.781. The summed E-state index contributed by atoms with van der Waals surface area (Å²) in [6.07, 6.45) is 0.646. The number of hydrogen-bond acceptors (Lipinski definition) is 5. The van der Waals surface area contributed by atoms with Crippen molar-refractivity contribution < 1.29 is 14.3 Å². The van der Waals surface area contributed by atoms with Crippen LogP contribution in [0.4, 0.5) is 0 Å². The van der Waals surface area contributed by atoms with Gasteiger partial charge in [0.05, 0.1) is 24.8 Å². The molecule has 2 aromatic rings. The van der Waals surface area contributed by atoms with E-state index in [4.69, 9.17) is 9.47 Å². The van der Waals surface area contributed by atoms with Crippen LogP contribution in [0.15, 0.2) is 23.0 Å². The first-order valence-corrected chi connectivity index (χ1v) is 6.84. The molecule has 0 aliphatic carbocycles. The highest BCUT2D eigenvalue weighted by atomic mass is 16.5. The van der Waals surface area contributed by atoms with E-state index >= 15 is 0 Å². The predicted molar refractivity (Wildman–Crippen MR) is 78.6 cm³/mol. The van der Waals surface area contributed by atoms with Gasteiger partial charge in [0.15, 0.2) is 0 Å². The molecular formula is C15H18N2O4. The highest BCUT2D eigenvalue weighted by Crippen LogP contribution is 2.20. The topological polar surface area (TPSA) is 70.4 Å². The van der Waals surface area contributed by atoms with E-state index in [-0.39, 0.29) is 18.7 Å². The summed E-state index contributed by atoms with van der Waals surface area (Å²) in [7, 11) is 1.57. The number of methoxy groups -OCH3 is 1. The Labute approximate surface area is 122 Å². The molecule has 0 bridgehead atoms. The molecule has 0 fully saturated rings. The second-order valence-corrected chi connectivity index (χ2v) is 4.48. The van der Waals surface area contributed by atoms with Crippen LogP contribution >= 0.6 is 0 Å². The number of fused-ring (bicyclic) bond motifs is 1. The zero-order chi connectivity index (χ0) is 15.4. The van der Waals surface area contributed by atoms with Crippen molar-refractivity contribution in [2.75, 3.05) is 13.7 Å². The van der Waals surface area contributed by atoms with Crippen LogP contribution in [0, 0.1) is 0 Å². The van der Waals surface area contributed by atoms with Crippen LogP contribution in [0.1, 0.15) is 19.5 Å². The lowest BCUT2D eigenvalue weighted by atomic mass is 10.1. The van der Waals surface area contributed by atoms with Crippen LogP contribution in [0.2, 0.25) is 0 Å². The Morgan fingerprint density at radius 3 is 2.67 bits per heavy atom. The number of aromatic nitrogens is 2. The van der Waals surface area contributed by atoms with Crippen molar-refractivity contribution in [3.63, 3.8) is 0 Å². The van der Waals surface area contributed by atoms with E-state index < -0.39 is 5.97 Å². The summed E-state index contributed by atoms with van der Waals surface area (Å²) >= 11 is 0. The van der Waals surface area contributed by atoms with E-state index in [2.05, 4.69) is 5.10 Å². The average molecular weight is 290 g/mol. The molecule has 0 amide bonds. The summed E-state index contributed by atoms with van der Waals surface area (Å²) in [6.45, 7) is 3.76. The summed E-state index contributed by atoms with van der Waals surface area (Å²) in [5.41, 5.74) is 0.436. The van der Waals surface area contributed by atoms with Gasteiger partial charge in [-0.15, -0.1) is 0 Å². The zero-order valence-electron chi connectivity index (χ0n) is 12.4. The van der Waals surface area contributed by atoms with Gasteiger partial charge in [-0.05, 0) is 31.5 Å². The van der Waals surface area contributed by atoms with Crippen molar-refractivity contribution in [1.29, 1.82) is 0 Å². The van der Waals surface area contributed by atoms with Crippen LogP contribution in [-0.2, 0) is 22.5 Å². The van der Waals surface area contributed by atoms with Crippen LogP contribution in [0.25, 0.3) is 10.8 Å². The maximum atomic E-state index is 12.4. The van der Waals surface area contributed by atoms with Crippen molar-refractivity contribution in [3.05, 3.63) is 34.2 Å². The number of ether oxygens (including phenoxy) is 2. The molecule has 0 radical (unpaired) electrons. The van der Waals surface area contributed by atoms with Crippen LogP contribution in [0.5, 0.6) is 5.75 Å². The molecule has 0 spiro atoms. The largest absolute Gasteiger partial charge is 0.497 e. The van der Waals surface area contributed by atoms with E-state index in [9.17, 15) is 9.59 Å². The second kappa shape index (κ2) is 6.39. The van der Waals surface area contributed by atoms with Gasteiger partial charge in [-0.3, -0.25) is 9.59 Å². The first kappa shape index (κ1) is 15.0. The molecule has 1 aromatic carbocycles. The standard InChI is InChI=1S/C15H18N2O4/c1-4-13-12-8-10(20-3)6-7-11(12)15(19)17(16-13)9-14(18)21-5-2/h6-8H,4-5,9H2,1-3H3. The normalized spacial score (nSPS) is 10.6. The minimum Gasteiger partial charge on any atom is -0.497 e. The highest BCUT2D eigenvalue weighted by Gasteiger charge is 2.13. The molecule has 0 unspecified atom stereocenters. The molecule has 1 aromatic heterocycles. The number of nitrogens with zero attached hydrogens (tertiary/aromatic N) is 2. The highest BCUT2D eigenvalue weighted by molar-refractivity contribution is 5.85. The minimum absolute atomic E-state index is 0.179. The molecule has 6 nitrogen and oxygen atoms in total. The van der Waals surface area contributed by atoms with E-state index in [0.717, 1.165) is 15.8 Å². The lowest BCUT2D eigenvalue weighted by Gasteiger charge is -2.10. The molecular weight excluding hydrogens is 272 g/mol. The molecule has 0 saturated heterocycles. The summed E-state index contributed by atoms with van der Waals surface area (Å²) in [4.78, 5) is 23.9. The first-order valence-electron chi connectivity index (χ1n) is 6.84. The van der Waals surface area contributed by atoms with Crippen molar-refractivity contribution in [2.24, 2.45) is 0 Å². The summed E-state index contributed by atoms with van der Waals surface area (Å²) in [5, 5.41) is 5.54. The monoisotopic (exact) mass is 290 g/mol. The summed E-state index contributed by atoms with van der Waals surface area (Å²) in [6, 6.07) is 5.20. The fourth-order valence-corrected chi connectivity index (χ4v) is 2.16. The maximum Gasteiger partial charge on any atom is 0.327 e. The number of hydrogen-bond donors (Lipinski definition) is 0. The van der Waals surface area contributed by atoms with Crippen LogP contribution < -0.4 is 10.3 Å². The van der Waals surface area contributed by atoms with E-state index in [1.165, 1.54) is 0 Å². The number of carbonyl (C=O) groups excluding carboxylic acids is 1. The van der Waals surface area contributed by atoms with Gasteiger partial charge < -0.3 is 9.47 Å². The molecule has 6 heteroatoms. The van der Waals surface area contributed by atoms with E-state index in [0.29, 0.717) is 17.6 Å². The third-order valence-electron chi connectivity index (χ3n) is 3.16. The van der Waals surface area contributed by atoms with Gasteiger partial charge >= 0.3 is 5.97 Å². The van der Waals surface area contributed by atoms with Crippen molar-refractivity contribution >= 4 is 16.7 Å². The van der Waals surface area contributed by atoms with Crippen LogP contribution in [0.3, 0.4) is 0 Å². The Balaban J connectivity index is 2.57. The Hall–Kier alpha value is -2.37. The lowest BCUT2D eigenvalue weighted by Crippen LogP contribution is -2.29. The smallest absolute Gasteiger partial charge is 0.327 e. The third-order valence-corrected chi connectivity index (χ3v) is 3.16. The Kier molecular flexibility index (Phi) is 4.57. The van der Waals surface area contributed by atoms with Crippen molar-refractivity contribution in [1.82, 2.24) is 9.78 Å². The fourth-order valence-electron chi connectivity index (χ4n) is 2.16. The molecule has 0 aliphatic heterocycles. The molecule has 0 aliphatic rings. The van der Waals surface area contributed by atoms with Crippen molar-refractivity contribution in [3.8, 4) is 5.75 Å². The number of carbonyl (C=O) groups is 1. The number of benzene rings is 1. The number of rotatable bonds is 5. The Morgan fingerprint density at radius 2 is 2.05 bits per heavy atom. The molecule has 1 heterocycles. The zero-order valence-corrected chi connectivity index (χ0v) is 12.4. The first-order chi connectivity index (χ1) is 10.1. The molecule has 0 atom stereocenters. The van der Waals surface area contributed by atoms with Crippen molar-refractivity contribution in [2.45, 2.75) is 26.8 Å². The van der Waals surface area contributed by atoms with E-state index in [1.807, 2.05) is 6.92 Å². The summed E-state index contributed by atoms with van der Waals surface area (Å²) in [5.74, 6) is 0.198.